The van der Waals surface area contributed by atoms with Crippen LogP contribution in [-0.4, -0.2) is 20.6 Å². The van der Waals surface area contributed by atoms with E-state index in [-0.39, 0.29) is 5.56 Å². The highest BCUT2D eigenvalue weighted by atomic mass is 16.4. The molecule has 0 radical (unpaired) electrons. The highest BCUT2D eigenvalue weighted by Gasteiger charge is 2.15. The molecule has 0 saturated carbocycles. The fraction of sp³-hybridized carbons (Fsp3) is 0.429. The summed E-state index contributed by atoms with van der Waals surface area (Å²) < 4.78 is 2.06. The molecule has 0 amide bonds. The molecule has 1 aromatic heterocycles. The average molecular weight is 246 g/mol. The Kier molecular flexibility index (Phi) is 3.36. The molecule has 0 aliphatic carbocycles. The van der Waals surface area contributed by atoms with Gasteiger partial charge in [0, 0.05) is 6.04 Å². The molecule has 0 spiro atoms. The Bertz CT molecular complexity index is 572. The summed E-state index contributed by atoms with van der Waals surface area (Å²) >= 11 is 0. The van der Waals surface area contributed by atoms with Crippen LogP contribution in [0.2, 0.25) is 0 Å². The van der Waals surface area contributed by atoms with Crippen LogP contribution in [0.5, 0.6) is 0 Å². The van der Waals surface area contributed by atoms with Gasteiger partial charge in [0.05, 0.1) is 17.4 Å². The van der Waals surface area contributed by atoms with Crippen LogP contribution in [0.3, 0.4) is 0 Å². The lowest BCUT2D eigenvalue weighted by atomic mass is 10.0. The van der Waals surface area contributed by atoms with Crippen LogP contribution in [0.1, 0.15) is 43.6 Å². The van der Waals surface area contributed by atoms with Crippen LogP contribution in [0.15, 0.2) is 24.5 Å². The summed E-state index contributed by atoms with van der Waals surface area (Å²) in [5.41, 5.74) is 1.73. The van der Waals surface area contributed by atoms with Crippen molar-refractivity contribution >= 4 is 17.0 Å². The second kappa shape index (κ2) is 4.80. The zero-order valence-electron chi connectivity index (χ0n) is 10.9. The highest BCUT2D eigenvalue weighted by Crippen LogP contribution is 2.24. The van der Waals surface area contributed by atoms with E-state index in [2.05, 4.69) is 30.3 Å². The van der Waals surface area contributed by atoms with Crippen molar-refractivity contribution in [2.24, 2.45) is 5.92 Å². The number of hydrogen-bond acceptors (Lipinski definition) is 2. The Morgan fingerprint density at radius 2 is 2.11 bits per heavy atom. The van der Waals surface area contributed by atoms with Crippen molar-refractivity contribution in [2.75, 3.05) is 0 Å². The van der Waals surface area contributed by atoms with Gasteiger partial charge in [0.15, 0.2) is 0 Å². The first kappa shape index (κ1) is 12.6. The summed E-state index contributed by atoms with van der Waals surface area (Å²) in [6.45, 7) is 6.49. The van der Waals surface area contributed by atoms with E-state index in [1.807, 2.05) is 6.07 Å². The summed E-state index contributed by atoms with van der Waals surface area (Å²) in [5.74, 6) is -0.331. The molecule has 2 rings (SSSR count). The maximum absolute atomic E-state index is 11.1. The first-order chi connectivity index (χ1) is 8.50. The molecule has 0 bridgehead atoms. The van der Waals surface area contributed by atoms with Gasteiger partial charge in [-0.1, -0.05) is 19.9 Å². The first-order valence-electron chi connectivity index (χ1n) is 6.19. The molecule has 0 aliphatic heterocycles. The molecule has 1 unspecified atom stereocenters. The molecule has 96 valence electrons. The summed E-state index contributed by atoms with van der Waals surface area (Å²) in [4.78, 5) is 15.4. The van der Waals surface area contributed by atoms with Crippen molar-refractivity contribution in [3.63, 3.8) is 0 Å². The lowest BCUT2D eigenvalue weighted by Crippen LogP contribution is -2.07. The van der Waals surface area contributed by atoms with Gasteiger partial charge in [-0.05, 0) is 31.4 Å². The maximum Gasteiger partial charge on any atom is 0.337 e. The molecule has 4 nitrogen and oxygen atoms in total. The predicted molar refractivity (Wildman–Crippen MR) is 70.9 cm³/mol. The quantitative estimate of drug-likeness (QED) is 0.900. The second-order valence-electron chi connectivity index (χ2n) is 5.11. The zero-order valence-corrected chi connectivity index (χ0v) is 10.9. The number of imidazole rings is 1. The number of fused-ring (bicyclic) bond motifs is 1. The van der Waals surface area contributed by atoms with Gasteiger partial charge in [-0.3, -0.25) is 0 Å². The van der Waals surface area contributed by atoms with E-state index < -0.39 is 5.97 Å². The zero-order chi connectivity index (χ0) is 13.3. The number of carboxylic acid groups (broad SMARTS) is 1. The Morgan fingerprint density at radius 3 is 2.72 bits per heavy atom. The smallest absolute Gasteiger partial charge is 0.337 e. The molecule has 18 heavy (non-hydrogen) atoms. The molecule has 1 aromatic carbocycles. The largest absolute Gasteiger partial charge is 0.478 e. The van der Waals surface area contributed by atoms with Crippen molar-refractivity contribution in [1.29, 1.82) is 0 Å². The lowest BCUT2D eigenvalue weighted by molar-refractivity contribution is 0.0699. The van der Waals surface area contributed by atoms with Crippen LogP contribution in [0.25, 0.3) is 11.0 Å². The van der Waals surface area contributed by atoms with Crippen molar-refractivity contribution in [3.8, 4) is 0 Å². The number of carbonyl (C=O) groups is 1. The van der Waals surface area contributed by atoms with E-state index in [1.165, 1.54) is 0 Å². The van der Waals surface area contributed by atoms with E-state index in [4.69, 9.17) is 5.11 Å². The number of para-hydroxylation sites is 1. The first-order valence-corrected chi connectivity index (χ1v) is 6.19. The minimum Gasteiger partial charge on any atom is -0.478 e. The molecular formula is C14H18N2O2. The van der Waals surface area contributed by atoms with E-state index >= 15 is 0 Å². The van der Waals surface area contributed by atoms with E-state index in [0.29, 0.717) is 17.5 Å². The number of benzene rings is 1. The van der Waals surface area contributed by atoms with Crippen molar-refractivity contribution < 1.29 is 9.90 Å². The lowest BCUT2D eigenvalue weighted by Gasteiger charge is -2.16. The van der Waals surface area contributed by atoms with Crippen LogP contribution in [0.4, 0.5) is 0 Å². The summed E-state index contributed by atoms with van der Waals surface area (Å²) in [6, 6.07) is 5.60. The number of aromatic carboxylic acids is 1. The van der Waals surface area contributed by atoms with Gasteiger partial charge in [-0.2, -0.15) is 0 Å². The number of carboxylic acids is 1. The SMILES string of the molecule is CC(C)CC(C)n1cnc2c(C(=O)O)cccc21. The van der Waals surface area contributed by atoms with Crippen LogP contribution < -0.4 is 0 Å². The minimum atomic E-state index is -0.928. The van der Waals surface area contributed by atoms with Crippen molar-refractivity contribution in [2.45, 2.75) is 33.2 Å². The van der Waals surface area contributed by atoms with Crippen LogP contribution >= 0.6 is 0 Å². The molecule has 1 heterocycles. The van der Waals surface area contributed by atoms with E-state index in [1.54, 1.807) is 18.5 Å². The minimum absolute atomic E-state index is 0.267. The Hall–Kier alpha value is -1.84. The van der Waals surface area contributed by atoms with Gasteiger partial charge in [-0.15, -0.1) is 0 Å². The van der Waals surface area contributed by atoms with E-state index in [9.17, 15) is 4.79 Å². The number of rotatable bonds is 4. The fourth-order valence-electron chi connectivity index (χ4n) is 2.38. The monoisotopic (exact) mass is 246 g/mol. The third-order valence-corrected chi connectivity index (χ3v) is 3.12. The predicted octanol–water partition coefficient (Wildman–Crippen LogP) is 3.34. The third-order valence-electron chi connectivity index (χ3n) is 3.12. The standard InChI is InChI=1S/C14H18N2O2/c1-9(2)7-10(3)16-8-15-13-11(14(17)18)5-4-6-12(13)16/h4-6,8-10H,7H2,1-3H3,(H,17,18). The normalized spacial score (nSPS) is 13.1. The Balaban J connectivity index is 2.48. The van der Waals surface area contributed by atoms with E-state index in [0.717, 1.165) is 11.9 Å². The topological polar surface area (TPSA) is 55.1 Å². The molecule has 4 heteroatoms. The number of aromatic nitrogens is 2. The van der Waals surface area contributed by atoms with Gasteiger partial charge in [-0.25, -0.2) is 9.78 Å². The average Bonchev–Trinajstić information content (AvgIpc) is 2.70. The summed E-state index contributed by atoms with van der Waals surface area (Å²) in [6.07, 6.45) is 2.78. The fourth-order valence-corrected chi connectivity index (χ4v) is 2.38. The molecule has 2 aromatic rings. The van der Waals surface area contributed by atoms with Gasteiger partial charge in [0.25, 0.3) is 0 Å². The van der Waals surface area contributed by atoms with Gasteiger partial charge in [0.2, 0.25) is 0 Å². The van der Waals surface area contributed by atoms with Gasteiger partial charge < -0.3 is 9.67 Å². The maximum atomic E-state index is 11.1. The number of nitrogens with zero attached hydrogens (tertiary/aromatic N) is 2. The third kappa shape index (κ3) is 2.23. The molecule has 0 aliphatic rings. The molecule has 0 fully saturated rings. The summed E-state index contributed by atoms with van der Waals surface area (Å²) in [5, 5.41) is 9.13. The molecular weight excluding hydrogens is 228 g/mol. The highest BCUT2D eigenvalue weighted by molar-refractivity contribution is 6.00. The Labute approximate surface area is 106 Å². The second-order valence-corrected chi connectivity index (χ2v) is 5.11. The molecule has 1 N–H and O–H groups in total. The van der Waals surface area contributed by atoms with Gasteiger partial charge >= 0.3 is 5.97 Å². The van der Waals surface area contributed by atoms with Crippen molar-refractivity contribution in [3.05, 3.63) is 30.1 Å². The van der Waals surface area contributed by atoms with Crippen LogP contribution in [0, 0.1) is 5.92 Å². The molecule has 1 atom stereocenters. The van der Waals surface area contributed by atoms with Crippen molar-refractivity contribution in [1.82, 2.24) is 9.55 Å². The molecule has 0 saturated heterocycles. The van der Waals surface area contributed by atoms with Gasteiger partial charge in [0.1, 0.15) is 5.52 Å². The van der Waals surface area contributed by atoms with Crippen LogP contribution in [-0.2, 0) is 0 Å². The number of hydrogen-bond donors (Lipinski definition) is 1. The summed E-state index contributed by atoms with van der Waals surface area (Å²) in [7, 11) is 0. The Morgan fingerprint density at radius 1 is 1.39 bits per heavy atom.